The zero-order chi connectivity index (χ0) is 14.6. The molecule has 0 unspecified atom stereocenters. The molecule has 0 amide bonds. The normalized spacial score (nSPS) is 11.5. The van der Waals surface area contributed by atoms with Crippen LogP contribution in [0.25, 0.3) is 31.2 Å². The molecule has 102 valence electrons. The molecule has 2 N–H and O–H groups in total. The lowest BCUT2D eigenvalue weighted by atomic mass is 10.1. The van der Waals surface area contributed by atoms with Crippen molar-refractivity contribution < 1.29 is 5.11 Å². The Bertz CT molecular complexity index is 1090. The van der Waals surface area contributed by atoms with Crippen molar-refractivity contribution in [2.45, 2.75) is 0 Å². The number of phenolic OH excluding ortho intramolecular Hbond substituents is 1. The van der Waals surface area contributed by atoms with Crippen LogP contribution in [0, 0.1) is 5.41 Å². The molecule has 4 rings (SSSR count). The predicted molar refractivity (Wildman–Crippen MR) is 87.2 cm³/mol. The molecule has 0 radical (unpaired) electrons. The molecule has 1 aromatic heterocycles. The molecule has 0 fully saturated rings. The number of rotatable bonds is 0. The number of hydrogen-bond donors (Lipinski definition) is 2. The Morgan fingerprint density at radius 1 is 1.10 bits per heavy atom. The van der Waals surface area contributed by atoms with Gasteiger partial charge in [0.15, 0.2) is 0 Å². The van der Waals surface area contributed by atoms with Crippen LogP contribution in [-0.2, 0) is 0 Å². The van der Waals surface area contributed by atoms with E-state index in [2.05, 4.69) is 4.98 Å². The van der Waals surface area contributed by atoms with Gasteiger partial charge in [-0.25, -0.2) is 4.98 Å². The highest BCUT2D eigenvalue weighted by atomic mass is 35.5. The first-order chi connectivity index (χ1) is 10.2. The first-order valence-corrected chi connectivity index (χ1v) is 7.53. The van der Waals surface area contributed by atoms with Gasteiger partial charge in [0.2, 0.25) is 0 Å². The fraction of sp³-hybridized carbons (Fsp3) is 0. The summed E-state index contributed by atoms with van der Waals surface area (Å²) in [5.41, 5.74) is 1.61. The average molecular weight is 313 g/mol. The van der Waals surface area contributed by atoms with Gasteiger partial charge in [0.05, 0.1) is 31.2 Å². The molecule has 0 aliphatic carbocycles. The third kappa shape index (κ3) is 1.73. The number of hydrogen-bond acceptors (Lipinski definition) is 4. The van der Waals surface area contributed by atoms with Gasteiger partial charge >= 0.3 is 0 Å². The van der Waals surface area contributed by atoms with Gasteiger partial charge in [-0.2, -0.15) is 0 Å². The molecule has 5 heteroatoms. The molecule has 0 aliphatic rings. The van der Waals surface area contributed by atoms with E-state index in [9.17, 15) is 5.11 Å². The van der Waals surface area contributed by atoms with E-state index in [0.29, 0.717) is 5.39 Å². The third-order valence-corrected chi connectivity index (χ3v) is 5.14. The third-order valence-electron chi connectivity index (χ3n) is 3.49. The zero-order valence-corrected chi connectivity index (χ0v) is 12.3. The highest BCUT2D eigenvalue weighted by molar-refractivity contribution is 7.25. The second kappa shape index (κ2) is 4.41. The van der Waals surface area contributed by atoms with Gasteiger partial charge in [-0.05, 0) is 18.2 Å². The minimum Gasteiger partial charge on any atom is -0.506 e. The molecule has 0 spiro atoms. The van der Waals surface area contributed by atoms with E-state index in [1.54, 1.807) is 12.1 Å². The first kappa shape index (κ1) is 12.6. The van der Waals surface area contributed by atoms with Crippen LogP contribution in [-0.4, -0.2) is 10.1 Å². The van der Waals surface area contributed by atoms with Gasteiger partial charge in [0, 0.05) is 5.39 Å². The summed E-state index contributed by atoms with van der Waals surface area (Å²) in [6.07, 6.45) is 0. The van der Waals surface area contributed by atoms with Crippen molar-refractivity contribution in [1.82, 2.24) is 4.98 Å². The Morgan fingerprint density at radius 2 is 1.90 bits per heavy atom. The van der Waals surface area contributed by atoms with Crippen LogP contribution in [0.4, 0.5) is 0 Å². The van der Waals surface area contributed by atoms with E-state index in [-0.39, 0.29) is 16.1 Å². The lowest BCUT2D eigenvalue weighted by Gasteiger charge is -2.09. The Hall–Kier alpha value is -2.17. The van der Waals surface area contributed by atoms with Gasteiger partial charge in [0.25, 0.3) is 0 Å². The first-order valence-electron chi connectivity index (χ1n) is 6.34. The van der Waals surface area contributed by atoms with E-state index in [0.717, 1.165) is 25.8 Å². The molecule has 0 saturated carbocycles. The van der Waals surface area contributed by atoms with Crippen molar-refractivity contribution in [2.75, 3.05) is 0 Å². The molecule has 0 bridgehead atoms. The topological polar surface area (TPSA) is 57.0 Å². The molecule has 1 heterocycles. The summed E-state index contributed by atoms with van der Waals surface area (Å²) in [7, 11) is 0. The van der Waals surface area contributed by atoms with Gasteiger partial charge in [-0.1, -0.05) is 35.9 Å². The van der Waals surface area contributed by atoms with Gasteiger partial charge < -0.3 is 10.5 Å². The molecule has 0 saturated heterocycles. The summed E-state index contributed by atoms with van der Waals surface area (Å²) < 4.78 is 1.75. The number of nitrogens with one attached hydrogen (secondary N) is 1. The second-order valence-electron chi connectivity index (χ2n) is 4.75. The van der Waals surface area contributed by atoms with E-state index in [4.69, 9.17) is 17.0 Å². The lowest BCUT2D eigenvalue weighted by molar-refractivity contribution is 0.482. The van der Waals surface area contributed by atoms with Crippen LogP contribution < -0.4 is 5.36 Å². The standard InChI is InChI=1S/C16H9ClN2OS/c17-13-15(20)12-8(4-3-5-9(12)18)14-16(13)21-11-7-2-1-6-10(11)19-14/h1-7,18,20H. The molecule has 4 aromatic rings. The maximum Gasteiger partial charge on any atom is 0.145 e. The minimum atomic E-state index is -0.0434. The number of nitrogens with zero attached hydrogens (tertiary/aromatic N) is 1. The molecule has 0 aliphatic heterocycles. The number of halogens is 1. The Morgan fingerprint density at radius 3 is 2.76 bits per heavy atom. The van der Waals surface area contributed by atoms with E-state index >= 15 is 0 Å². The lowest BCUT2D eigenvalue weighted by Crippen LogP contribution is -2.00. The number of fused-ring (bicyclic) bond motifs is 4. The summed E-state index contributed by atoms with van der Waals surface area (Å²) in [6, 6.07) is 13.1. The number of benzene rings is 3. The average Bonchev–Trinajstić information content (AvgIpc) is 2.51. The van der Waals surface area contributed by atoms with Gasteiger partial charge in [-0.3, -0.25) is 0 Å². The number of aromatic nitrogens is 1. The van der Waals surface area contributed by atoms with Crippen molar-refractivity contribution in [2.24, 2.45) is 0 Å². The summed E-state index contributed by atoms with van der Waals surface area (Å²) in [4.78, 5) is 4.68. The van der Waals surface area contributed by atoms with Crippen molar-refractivity contribution in [1.29, 1.82) is 5.41 Å². The van der Waals surface area contributed by atoms with Crippen LogP contribution in [0.15, 0.2) is 42.5 Å². The molecule has 3 aromatic carbocycles. The van der Waals surface area contributed by atoms with E-state index < -0.39 is 0 Å². The predicted octanol–water partition coefficient (Wildman–Crippen LogP) is 4.44. The maximum absolute atomic E-state index is 10.3. The zero-order valence-electron chi connectivity index (χ0n) is 10.7. The van der Waals surface area contributed by atoms with Crippen LogP contribution >= 0.6 is 22.9 Å². The minimum absolute atomic E-state index is 0.0434. The van der Waals surface area contributed by atoms with Crippen molar-refractivity contribution in [3.05, 3.63) is 52.8 Å². The molecular weight excluding hydrogens is 304 g/mol. The van der Waals surface area contributed by atoms with E-state index in [1.807, 2.05) is 30.3 Å². The SMILES string of the molecule is N=c1cccc2c1c(O)c(Cl)c1sc3ccccc3nc12. The number of aromatic hydroxyl groups is 1. The molecule has 3 nitrogen and oxygen atoms in total. The second-order valence-corrected chi connectivity index (χ2v) is 6.18. The smallest absolute Gasteiger partial charge is 0.145 e. The fourth-order valence-corrected chi connectivity index (χ4v) is 3.84. The van der Waals surface area contributed by atoms with Crippen LogP contribution in [0.5, 0.6) is 5.75 Å². The van der Waals surface area contributed by atoms with Crippen molar-refractivity contribution >= 4 is 54.1 Å². The largest absolute Gasteiger partial charge is 0.506 e. The summed E-state index contributed by atoms with van der Waals surface area (Å²) in [5, 5.41) is 20.0. The monoisotopic (exact) mass is 312 g/mol. The molecule has 21 heavy (non-hydrogen) atoms. The van der Waals surface area contributed by atoms with Gasteiger partial charge in [0.1, 0.15) is 10.8 Å². The van der Waals surface area contributed by atoms with Crippen LogP contribution in [0.3, 0.4) is 0 Å². The van der Waals surface area contributed by atoms with Crippen LogP contribution in [0.1, 0.15) is 0 Å². The summed E-state index contributed by atoms with van der Waals surface area (Å²) in [5.74, 6) is -0.0434. The molecule has 0 atom stereocenters. The van der Waals surface area contributed by atoms with Crippen molar-refractivity contribution in [3.63, 3.8) is 0 Å². The molecular formula is C16H9ClN2OS. The van der Waals surface area contributed by atoms with Gasteiger partial charge in [-0.15, -0.1) is 11.3 Å². The highest BCUT2D eigenvalue weighted by Crippen LogP contribution is 2.41. The number of phenols is 1. The van der Waals surface area contributed by atoms with Crippen molar-refractivity contribution in [3.8, 4) is 5.75 Å². The Balaban J connectivity index is 2.37. The fourth-order valence-electron chi connectivity index (χ4n) is 2.52. The maximum atomic E-state index is 10.3. The van der Waals surface area contributed by atoms with E-state index in [1.165, 1.54) is 11.3 Å². The van der Waals surface area contributed by atoms with Crippen LogP contribution in [0.2, 0.25) is 5.02 Å². The summed E-state index contributed by atoms with van der Waals surface area (Å²) >= 11 is 7.81. The Kier molecular flexibility index (Phi) is 2.64. The highest BCUT2D eigenvalue weighted by Gasteiger charge is 2.15. The Labute approximate surface area is 128 Å². The quantitative estimate of drug-likeness (QED) is 0.372. The number of para-hydroxylation sites is 1. The summed E-state index contributed by atoms with van der Waals surface area (Å²) in [6.45, 7) is 0.